The minimum absolute atomic E-state index is 0.0787. The zero-order chi connectivity index (χ0) is 5.98. The van der Waals surface area contributed by atoms with E-state index >= 15 is 0 Å². The van der Waals surface area contributed by atoms with Crippen LogP contribution < -0.4 is 10.9 Å². The lowest BCUT2D eigenvalue weighted by Crippen LogP contribution is -2.26. The summed E-state index contributed by atoms with van der Waals surface area (Å²) in [6.45, 7) is 2.28. The second kappa shape index (κ2) is 1.96. The van der Waals surface area contributed by atoms with E-state index in [1.54, 1.807) is 0 Å². The molecule has 3 heteroatoms. The number of rotatable bonds is 1. The Kier molecular flexibility index (Phi) is 1.30. The molecule has 0 aromatic carbocycles. The van der Waals surface area contributed by atoms with Crippen LogP contribution in [0.3, 0.4) is 0 Å². The first-order chi connectivity index (χ1) is 3.80. The van der Waals surface area contributed by atoms with Gasteiger partial charge in [-0.2, -0.15) is 0 Å². The molecule has 1 heterocycles. The number of allylic oxidation sites excluding steroid dienone is 1. The average molecular weight is 112 g/mol. The quantitative estimate of drug-likeness (QED) is 0.483. The molecule has 0 bridgehead atoms. The van der Waals surface area contributed by atoms with E-state index in [1.807, 2.05) is 6.08 Å². The maximum Gasteiger partial charge on any atom is 0.176 e. The predicted octanol–water partition coefficient (Wildman–Crippen LogP) is -0.433. The Morgan fingerprint density at radius 2 is 2.62 bits per heavy atom. The summed E-state index contributed by atoms with van der Waals surface area (Å²) in [5.41, 5.74) is 6.18. The summed E-state index contributed by atoms with van der Waals surface area (Å²) in [5, 5.41) is 0. The van der Waals surface area contributed by atoms with Gasteiger partial charge in [0, 0.05) is 13.5 Å². The van der Waals surface area contributed by atoms with Crippen molar-refractivity contribution in [3.05, 3.63) is 11.8 Å². The molecule has 0 aromatic heterocycles. The van der Waals surface area contributed by atoms with Crippen LogP contribution in [0.5, 0.6) is 0 Å². The summed E-state index contributed by atoms with van der Waals surface area (Å²) in [4.78, 5) is 10.5. The van der Waals surface area contributed by atoms with Gasteiger partial charge in [0.1, 0.15) is 0 Å². The van der Waals surface area contributed by atoms with Crippen molar-refractivity contribution >= 4 is 5.78 Å². The molecule has 0 saturated heterocycles. The van der Waals surface area contributed by atoms with E-state index in [1.165, 1.54) is 6.92 Å². The minimum atomic E-state index is 0.0787. The van der Waals surface area contributed by atoms with Gasteiger partial charge in [-0.15, -0.1) is 0 Å². The molecule has 0 atom stereocenters. The second-order valence-electron chi connectivity index (χ2n) is 1.68. The largest absolute Gasteiger partial charge is 0.318 e. The Hall–Kier alpha value is -0.830. The van der Waals surface area contributed by atoms with Crippen molar-refractivity contribution in [1.82, 2.24) is 10.9 Å². The van der Waals surface area contributed by atoms with Gasteiger partial charge >= 0.3 is 0 Å². The molecule has 0 aliphatic carbocycles. The monoisotopic (exact) mass is 112 g/mol. The zero-order valence-electron chi connectivity index (χ0n) is 4.69. The van der Waals surface area contributed by atoms with Crippen molar-refractivity contribution in [2.24, 2.45) is 0 Å². The summed E-state index contributed by atoms with van der Waals surface area (Å²) < 4.78 is 0. The van der Waals surface area contributed by atoms with Crippen LogP contribution in [-0.2, 0) is 4.79 Å². The van der Waals surface area contributed by atoms with E-state index < -0.39 is 0 Å². The molecule has 0 spiro atoms. The SMILES string of the molecule is CC(=O)C1=CCNN1. The van der Waals surface area contributed by atoms with Gasteiger partial charge in [0.15, 0.2) is 5.78 Å². The third-order valence-corrected chi connectivity index (χ3v) is 1.01. The van der Waals surface area contributed by atoms with Crippen LogP contribution in [0.4, 0.5) is 0 Å². The van der Waals surface area contributed by atoms with Gasteiger partial charge in [-0.05, 0) is 6.08 Å². The predicted molar refractivity (Wildman–Crippen MR) is 29.9 cm³/mol. The van der Waals surface area contributed by atoms with Crippen molar-refractivity contribution in [3.63, 3.8) is 0 Å². The third-order valence-electron chi connectivity index (χ3n) is 1.01. The maximum atomic E-state index is 10.5. The Balaban J connectivity index is 2.57. The van der Waals surface area contributed by atoms with Crippen LogP contribution >= 0.6 is 0 Å². The first-order valence-corrected chi connectivity index (χ1v) is 2.50. The molecule has 8 heavy (non-hydrogen) atoms. The number of carbonyl (C=O) groups excluding carboxylic acids is 1. The van der Waals surface area contributed by atoms with Crippen LogP contribution in [0.1, 0.15) is 6.92 Å². The highest BCUT2D eigenvalue weighted by Gasteiger charge is 2.04. The van der Waals surface area contributed by atoms with Crippen molar-refractivity contribution in [2.75, 3.05) is 6.54 Å². The Labute approximate surface area is 47.7 Å². The lowest BCUT2D eigenvalue weighted by molar-refractivity contribution is -0.113. The smallest absolute Gasteiger partial charge is 0.176 e. The highest BCUT2D eigenvalue weighted by Crippen LogP contribution is 1.91. The fourth-order valence-electron chi connectivity index (χ4n) is 0.582. The fourth-order valence-corrected chi connectivity index (χ4v) is 0.582. The first kappa shape index (κ1) is 5.31. The summed E-state index contributed by atoms with van der Waals surface area (Å²) in [5.74, 6) is 0.0787. The fraction of sp³-hybridized carbons (Fsp3) is 0.400. The summed E-state index contributed by atoms with van der Waals surface area (Å²) in [6.07, 6.45) is 1.82. The highest BCUT2D eigenvalue weighted by atomic mass is 16.1. The van der Waals surface area contributed by atoms with Crippen LogP contribution in [0.25, 0.3) is 0 Å². The van der Waals surface area contributed by atoms with Crippen LogP contribution in [0.2, 0.25) is 0 Å². The van der Waals surface area contributed by atoms with Gasteiger partial charge < -0.3 is 5.43 Å². The van der Waals surface area contributed by atoms with Gasteiger partial charge in [0.05, 0.1) is 5.70 Å². The van der Waals surface area contributed by atoms with E-state index in [-0.39, 0.29) is 5.78 Å². The zero-order valence-corrected chi connectivity index (χ0v) is 4.69. The molecule has 3 nitrogen and oxygen atoms in total. The standard InChI is InChI=1S/C5H8N2O/c1-4(8)5-2-3-6-7-5/h2,6-7H,3H2,1H3. The molecule has 0 amide bonds. The van der Waals surface area contributed by atoms with Crippen LogP contribution in [0, 0.1) is 0 Å². The molecule has 0 fully saturated rings. The van der Waals surface area contributed by atoms with Crippen LogP contribution in [0.15, 0.2) is 11.8 Å². The normalized spacial score (nSPS) is 17.4. The van der Waals surface area contributed by atoms with Gasteiger partial charge in [0.2, 0.25) is 0 Å². The number of hydrogen-bond donors (Lipinski definition) is 2. The van der Waals surface area contributed by atoms with E-state index in [0.717, 1.165) is 6.54 Å². The molecule has 44 valence electrons. The number of hydrazine groups is 1. The van der Waals surface area contributed by atoms with Crippen LogP contribution in [-0.4, -0.2) is 12.3 Å². The molecule has 0 saturated carbocycles. The minimum Gasteiger partial charge on any atom is -0.318 e. The van der Waals surface area contributed by atoms with E-state index in [9.17, 15) is 4.79 Å². The van der Waals surface area contributed by atoms with Crippen molar-refractivity contribution in [1.29, 1.82) is 0 Å². The molecule has 0 radical (unpaired) electrons. The third kappa shape index (κ3) is 0.869. The molecular weight excluding hydrogens is 104 g/mol. The average Bonchev–Trinajstić information content (AvgIpc) is 2.12. The summed E-state index contributed by atoms with van der Waals surface area (Å²) >= 11 is 0. The van der Waals surface area contributed by atoms with E-state index in [4.69, 9.17) is 0 Å². The number of nitrogens with one attached hydrogen (secondary N) is 2. The van der Waals surface area contributed by atoms with Gasteiger partial charge in [0.25, 0.3) is 0 Å². The van der Waals surface area contributed by atoms with Gasteiger partial charge in [-0.1, -0.05) is 0 Å². The van der Waals surface area contributed by atoms with Gasteiger partial charge in [-0.3, -0.25) is 4.79 Å². The lowest BCUT2D eigenvalue weighted by Gasteiger charge is -1.95. The molecule has 1 rings (SSSR count). The number of carbonyl (C=O) groups is 1. The summed E-state index contributed by atoms with van der Waals surface area (Å²) in [6, 6.07) is 0. The topological polar surface area (TPSA) is 41.1 Å². The molecule has 1 aliphatic rings. The van der Waals surface area contributed by atoms with E-state index in [2.05, 4.69) is 10.9 Å². The molecule has 1 aliphatic heterocycles. The molecule has 2 N–H and O–H groups in total. The Bertz CT molecular complexity index is 139. The highest BCUT2D eigenvalue weighted by molar-refractivity contribution is 5.92. The Morgan fingerprint density at radius 1 is 1.88 bits per heavy atom. The first-order valence-electron chi connectivity index (χ1n) is 2.50. The number of ketones is 1. The van der Waals surface area contributed by atoms with Gasteiger partial charge in [-0.25, -0.2) is 5.43 Å². The lowest BCUT2D eigenvalue weighted by atomic mass is 10.3. The maximum absolute atomic E-state index is 10.5. The van der Waals surface area contributed by atoms with E-state index in [0.29, 0.717) is 5.70 Å². The number of Topliss-reactive ketones (excluding diaryl/α,β-unsaturated/α-hetero) is 1. The van der Waals surface area contributed by atoms with Crippen molar-refractivity contribution in [2.45, 2.75) is 6.92 Å². The second-order valence-corrected chi connectivity index (χ2v) is 1.68. The molecular formula is C5H8N2O. The van der Waals surface area contributed by atoms with Crippen molar-refractivity contribution < 1.29 is 4.79 Å². The number of hydrogen-bond acceptors (Lipinski definition) is 3. The van der Waals surface area contributed by atoms with Crippen molar-refractivity contribution in [3.8, 4) is 0 Å². The Morgan fingerprint density at radius 3 is 2.88 bits per heavy atom. The molecule has 0 aromatic rings. The summed E-state index contributed by atoms with van der Waals surface area (Å²) in [7, 11) is 0. The molecule has 0 unspecified atom stereocenters.